The van der Waals surface area contributed by atoms with Crippen LogP contribution in [-0.2, 0) is 19.6 Å². The number of nitrogens with two attached hydrogens (primary N) is 1. The third-order valence-electron chi connectivity index (χ3n) is 3.41. The van der Waals surface area contributed by atoms with E-state index in [1.54, 1.807) is 6.07 Å². The molecule has 2 rings (SSSR count). The van der Waals surface area contributed by atoms with Crippen molar-refractivity contribution in [1.29, 1.82) is 0 Å². The van der Waals surface area contributed by atoms with Crippen LogP contribution in [0.3, 0.4) is 0 Å². The van der Waals surface area contributed by atoms with Crippen LogP contribution < -0.4 is 5.73 Å². The fourth-order valence-electron chi connectivity index (χ4n) is 2.28. The molecule has 0 atom stereocenters. The lowest BCUT2D eigenvalue weighted by atomic mass is 10.1. The molecule has 0 aliphatic rings. The van der Waals surface area contributed by atoms with Gasteiger partial charge in [-0.25, -0.2) is 4.39 Å². The molecule has 0 aliphatic carbocycles. The number of nitrogens with zero attached hydrogens (tertiary/aromatic N) is 1. The molecule has 4 heteroatoms. The maximum absolute atomic E-state index is 14.0. The highest BCUT2D eigenvalue weighted by atomic mass is 19.1. The molecule has 0 fully saturated rings. The van der Waals surface area contributed by atoms with Crippen LogP contribution in [0.15, 0.2) is 48.5 Å². The maximum atomic E-state index is 14.0. The Balaban J connectivity index is 2.09. The summed E-state index contributed by atoms with van der Waals surface area (Å²) in [6.07, 6.45) is 0. The van der Waals surface area contributed by atoms with Crippen molar-refractivity contribution in [3.05, 3.63) is 71.0 Å². The van der Waals surface area contributed by atoms with Gasteiger partial charge in [0, 0.05) is 31.7 Å². The summed E-state index contributed by atoms with van der Waals surface area (Å²) in [7, 11) is 0. The van der Waals surface area contributed by atoms with Gasteiger partial charge in [0.25, 0.3) is 0 Å². The van der Waals surface area contributed by atoms with Crippen molar-refractivity contribution >= 4 is 0 Å². The van der Waals surface area contributed by atoms with E-state index in [0.29, 0.717) is 31.7 Å². The second-order valence-corrected chi connectivity index (χ2v) is 5.05. The van der Waals surface area contributed by atoms with Gasteiger partial charge < -0.3 is 10.8 Å². The number of aliphatic hydroxyl groups is 1. The molecular weight excluding hydrogens is 267 g/mol. The minimum absolute atomic E-state index is 0.0509. The standard InChI is InChI=1S/C17H21FN2O/c18-17-10-15(11-19)6-7-16(17)13-20(8-9-21)12-14-4-2-1-3-5-14/h1-7,10,21H,8-9,11-13,19H2. The Morgan fingerprint density at radius 1 is 1.00 bits per heavy atom. The zero-order valence-corrected chi connectivity index (χ0v) is 12.0. The molecule has 2 aromatic rings. The molecule has 3 nitrogen and oxygen atoms in total. The van der Waals surface area contributed by atoms with Gasteiger partial charge >= 0.3 is 0 Å². The Morgan fingerprint density at radius 3 is 2.38 bits per heavy atom. The molecule has 112 valence electrons. The predicted molar refractivity (Wildman–Crippen MR) is 81.9 cm³/mol. The molecule has 0 spiro atoms. The van der Waals surface area contributed by atoms with E-state index in [1.165, 1.54) is 6.07 Å². The summed E-state index contributed by atoms with van der Waals surface area (Å²) >= 11 is 0. The van der Waals surface area contributed by atoms with Crippen molar-refractivity contribution in [2.45, 2.75) is 19.6 Å². The van der Waals surface area contributed by atoms with E-state index in [9.17, 15) is 9.50 Å². The van der Waals surface area contributed by atoms with Gasteiger partial charge in [-0.3, -0.25) is 4.90 Å². The van der Waals surface area contributed by atoms with Crippen molar-refractivity contribution in [2.75, 3.05) is 13.2 Å². The first-order chi connectivity index (χ1) is 10.2. The predicted octanol–water partition coefficient (Wildman–Crippen LogP) is 2.28. The Labute approximate surface area is 124 Å². The number of hydrogen-bond donors (Lipinski definition) is 2. The van der Waals surface area contributed by atoms with Crippen LogP contribution >= 0.6 is 0 Å². The fourth-order valence-corrected chi connectivity index (χ4v) is 2.28. The molecule has 0 saturated heterocycles. The van der Waals surface area contributed by atoms with Crippen molar-refractivity contribution in [3.63, 3.8) is 0 Å². The molecule has 0 bridgehead atoms. The number of benzene rings is 2. The highest BCUT2D eigenvalue weighted by molar-refractivity contribution is 5.24. The summed E-state index contributed by atoms with van der Waals surface area (Å²) in [6, 6.07) is 15.1. The molecule has 0 saturated carbocycles. The van der Waals surface area contributed by atoms with Crippen molar-refractivity contribution in [1.82, 2.24) is 4.90 Å². The highest BCUT2D eigenvalue weighted by Crippen LogP contribution is 2.14. The molecule has 2 aromatic carbocycles. The molecular formula is C17H21FN2O. The Kier molecular flexibility index (Phi) is 5.87. The van der Waals surface area contributed by atoms with Crippen LogP contribution in [0, 0.1) is 5.82 Å². The summed E-state index contributed by atoms with van der Waals surface area (Å²) in [6.45, 7) is 2.04. The van der Waals surface area contributed by atoms with Crippen LogP contribution in [0.4, 0.5) is 4.39 Å². The lowest BCUT2D eigenvalue weighted by Crippen LogP contribution is -2.26. The zero-order chi connectivity index (χ0) is 15.1. The Bertz CT molecular complexity index is 560. The van der Waals surface area contributed by atoms with E-state index in [4.69, 9.17) is 5.73 Å². The Hall–Kier alpha value is -1.75. The van der Waals surface area contributed by atoms with Crippen molar-refractivity contribution in [3.8, 4) is 0 Å². The minimum Gasteiger partial charge on any atom is -0.395 e. The summed E-state index contributed by atoms with van der Waals surface area (Å²) < 4.78 is 14.0. The van der Waals surface area contributed by atoms with Gasteiger partial charge in [-0.15, -0.1) is 0 Å². The lowest BCUT2D eigenvalue weighted by molar-refractivity contribution is 0.183. The molecule has 0 aliphatic heterocycles. The first-order valence-electron chi connectivity index (χ1n) is 7.07. The molecule has 21 heavy (non-hydrogen) atoms. The third-order valence-corrected chi connectivity index (χ3v) is 3.41. The minimum atomic E-state index is -0.242. The van der Waals surface area contributed by atoms with Gasteiger partial charge in [0.2, 0.25) is 0 Å². The summed E-state index contributed by atoms with van der Waals surface area (Å²) in [5.74, 6) is -0.242. The van der Waals surface area contributed by atoms with Gasteiger partial charge in [-0.2, -0.15) is 0 Å². The monoisotopic (exact) mass is 288 g/mol. The van der Waals surface area contributed by atoms with E-state index in [0.717, 1.165) is 11.1 Å². The van der Waals surface area contributed by atoms with E-state index in [2.05, 4.69) is 0 Å². The smallest absolute Gasteiger partial charge is 0.128 e. The quantitative estimate of drug-likeness (QED) is 0.822. The second-order valence-electron chi connectivity index (χ2n) is 5.05. The van der Waals surface area contributed by atoms with Crippen LogP contribution in [0.25, 0.3) is 0 Å². The zero-order valence-electron chi connectivity index (χ0n) is 12.0. The third kappa shape index (κ3) is 4.63. The Morgan fingerprint density at radius 2 is 1.76 bits per heavy atom. The highest BCUT2D eigenvalue weighted by Gasteiger charge is 2.10. The van der Waals surface area contributed by atoms with Gasteiger partial charge in [-0.1, -0.05) is 42.5 Å². The topological polar surface area (TPSA) is 49.5 Å². The van der Waals surface area contributed by atoms with Gasteiger partial charge in [0.15, 0.2) is 0 Å². The lowest BCUT2D eigenvalue weighted by Gasteiger charge is -2.22. The normalized spacial score (nSPS) is 11.0. The van der Waals surface area contributed by atoms with E-state index >= 15 is 0 Å². The van der Waals surface area contributed by atoms with E-state index in [-0.39, 0.29) is 12.4 Å². The second kappa shape index (κ2) is 7.88. The van der Waals surface area contributed by atoms with Crippen LogP contribution in [0.2, 0.25) is 0 Å². The molecule has 0 amide bonds. The number of hydrogen-bond acceptors (Lipinski definition) is 3. The average Bonchev–Trinajstić information content (AvgIpc) is 2.50. The SMILES string of the molecule is NCc1ccc(CN(CCO)Cc2ccccc2)c(F)c1. The first-order valence-corrected chi connectivity index (χ1v) is 7.07. The van der Waals surface area contributed by atoms with Crippen LogP contribution in [0.5, 0.6) is 0 Å². The summed E-state index contributed by atoms with van der Waals surface area (Å²) in [4.78, 5) is 2.02. The molecule has 0 unspecified atom stereocenters. The van der Waals surface area contributed by atoms with Gasteiger partial charge in [-0.05, 0) is 17.2 Å². The van der Waals surface area contributed by atoms with Crippen molar-refractivity contribution < 1.29 is 9.50 Å². The average molecular weight is 288 g/mol. The molecule has 3 N–H and O–H groups in total. The molecule has 0 aromatic heterocycles. The largest absolute Gasteiger partial charge is 0.395 e. The van der Waals surface area contributed by atoms with Gasteiger partial charge in [0.1, 0.15) is 5.82 Å². The summed E-state index contributed by atoms with van der Waals surface area (Å²) in [5.41, 5.74) is 8.06. The maximum Gasteiger partial charge on any atom is 0.128 e. The van der Waals surface area contributed by atoms with Crippen LogP contribution in [0.1, 0.15) is 16.7 Å². The summed E-state index contributed by atoms with van der Waals surface area (Å²) in [5, 5.41) is 9.19. The molecule has 0 radical (unpaired) electrons. The number of aliphatic hydroxyl groups excluding tert-OH is 1. The molecule has 0 heterocycles. The van der Waals surface area contributed by atoms with E-state index in [1.807, 2.05) is 41.3 Å². The first kappa shape index (κ1) is 15.6. The fraction of sp³-hybridized carbons (Fsp3) is 0.294. The number of halogens is 1. The van der Waals surface area contributed by atoms with Crippen molar-refractivity contribution in [2.24, 2.45) is 5.73 Å². The number of rotatable bonds is 7. The van der Waals surface area contributed by atoms with E-state index < -0.39 is 0 Å². The van der Waals surface area contributed by atoms with Gasteiger partial charge in [0.05, 0.1) is 6.61 Å². The van der Waals surface area contributed by atoms with Crippen LogP contribution in [-0.4, -0.2) is 23.2 Å².